The maximum atomic E-state index is 5.88. The third kappa shape index (κ3) is 2.07. The van der Waals surface area contributed by atoms with Crippen LogP contribution < -0.4 is 0 Å². The van der Waals surface area contributed by atoms with E-state index in [0.29, 0.717) is 5.31 Å². The Morgan fingerprint density at radius 3 is 2.00 bits per heavy atom. The number of rotatable bonds is 2. The molecule has 1 unspecified atom stereocenters. The van der Waals surface area contributed by atoms with Crippen LogP contribution in [0.3, 0.4) is 0 Å². The summed E-state index contributed by atoms with van der Waals surface area (Å²) in [5.41, 5.74) is 0. The summed E-state index contributed by atoms with van der Waals surface area (Å²) < 4.78 is 0. The average Bonchev–Trinajstić information content (AvgIpc) is 2.05. The molecule has 0 aromatic heterocycles. The van der Waals surface area contributed by atoms with Crippen molar-refractivity contribution in [2.24, 2.45) is 0 Å². The van der Waals surface area contributed by atoms with E-state index < -0.39 is 0 Å². The Hall–Kier alpha value is 0.130. The predicted octanol–water partition coefficient (Wildman–Crippen LogP) is 2.45. The second-order valence-electron chi connectivity index (χ2n) is 4.79. The molecule has 0 nitrogen and oxygen atoms in total. The Bertz CT molecular complexity index is 133. The molecular weight excluding hydrogens is 118 g/mol. The molecule has 1 fully saturated rings. The zero-order valence-corrected chi connectivity index (χ0v) is 7.44. The van der Waals surface area contributed by atoms with E-state index in [9.17, 15) is 0 Å². The first-order chi connectivity index (χ1) is 4.31. The van der Waals surface area contributed by atoms with Crippen LogP contribution in [0.1, 0.15) is 34.1 Å². The normalized spacial score (nSPS) is 29.4. The molecule has 1 atom stereocenters. The summed E-state index contributed by atoms with van der Waals surface area (Å²) in [4.78, 5) is 0. The van der Waals surface area contributed by atoms with Crippen LogP contribution in [0.2, 0.25) is 16.4 Å². The topological polar surface area (TPSA) is 0 Å². The van der Waals surface area contributed by atoms with E-state index in [0.717, 1.165) is 12.2 Å². The van der Waals surface area contributed by atoms with Crippen molar-refractivity contribution >= 4 is 15.1 Å². The highest BCUT2D eigenvalue weighted by molar-refractivity contribution is 6.56. The fourth-order valence-electron chi connectivity index (χ4n) is 1.36. The monoisotopic (exact) mass is 133 g/mol. The highest BCUT2D eigenvalue weighted by Gasteiger charge is 2.47. The minimum Gasteiger partial charge on any atom is -0.0720 e. The van der Waals surface area contributed by atoms with E-state index in [-0.39, 0.29) is 5.31 Å². The number of hydrogen-bond acceptors (Lipinski definition) is 0. The minimum absolute atomic E-state index is 0.00887. The average molecular weight is 133 g/mol. The Kier molecular flexibility index (Phi) is 1.69. The second-order valence-corrected chi connectivity index (χ2v) is 4.79. The molecule has 0 aliphatic carbocycles. The van der Waals surface area contributed by atoms with Crippen molar-refractivity contribution in [2.45, 2.75) is 50.6 Å². The van der Waals surface area contributed by atoms with Gasteiger partial charge in [0.05, 0.1) is 7.85 Å². The molecule has 10 heavy (non-hydrogen) atoms. The van der Waals surface area contributed by atoms with Crippen molar-refractivity contribution in [2.75, 3.05) is 0 Å². The van der Waals surface area contributed by atoms with Crippen LogP contribution in [0.5, 0.6) is 0 Å². The van der Waals surface area contributed by atoms with Crippen LogP contribution in [-0.2, 0) is 0 Å². The van der Waals surface area contributed by atoms with Crippen molar-refractivity contribution in [3.05, 3.63) is 0 Å². The molecule has 0 spiro atoms. The first-order valence-electron chi connectivity index (χ1n) is 3.96. The fourth-order valence-corrected chi connectivity index (χ4v) is 1.36. The van der Waals surface area contributed by atoms with Gasteiger partial charge in [0.15, 0.2) is 0 Å². The molecule has 0 amide bonds. The Balaban J connectivity index is 2.31. The van der Waals surface area contributed by atoms with E-state index in [2.05, 4.69) is 35.0 Å². The molecule has 0 aromatic carbocycles. The molecule has 1 heterocycles. The Morgan fingerprint density at radius 1 is 1.50 bits per heavy atom. The van der Waals surface area contributed by atoms with Crippen molar-refractivity contribution < 1.29 is 0 Å². The van der Waals surface area contributed by atoms with Gasteiger partial charge in [-0.25, -0.2) is 0 Å². The molecule has 3 radical (unpaired) electrons. The van der Waals surface area contributed by atoms with Gasteiger partial charge >= 0.3 is 0 Å². The van der Waals surface area contributed by atoms with E-state index in [4.69, 9.17) is 7.85 Å². The summed E-state index contributed by atoms with van der Waals surface area (Å²) in [5, 5.41) is 0.478. The Labute approximate surface area is 66.4 Å². The molecule has 0 saturated carbocycles. The smallest absolute Gasteiger partial charge is 0.0720 e. The van der Waals surface area contributed by atoms with Gasteiger partial charge in [-0.2, -0.15) is 0 Å². The second kappa shape index (κ2) is 2.06. The van der Waals surface area contributed by atoms with Gasteiger partial charge in [0.1, 0.15) is 7.28 Å². The van der Waals surface area contributed by atoms with Crippen LogP contribution >= 0.6 is 0 Å². The quantitative estimate of drug-likeness (QED) is 0.507. The molecule has 2 heteroatoms. The SMILES string of the molecule is [B]C(C)(C)CC1[B]C1(C)C. The largest absolute Gasteiger partial charge is 0.120 e. The molecule has 1 rings (SSSR count). The minimum atomic E-state index is 0.00887. The van der Waals surface area contributed by atoms with Gasteiger partial charge < -0.3 is 0 Å². The van der Waals surface area contributed by atoms with Gasteiger partial charge in [0.25, 0.3) is 0 Å². The van der Waals surface area contributed by atoms with E-state index in [1.807, 2.05) is 0 Å². The van der Waals surface area contributed by atoms with Crippen LogP contribution in [-0.4, -0.2) is 15.1 Å². The lowest BCUT2D eigenvalue weighted by Gasteiger charge is -2.19. The van der Waals surface area contributed by atoms with Gasteiger partial charge in [0.2, 0.25) is 0 Å². The first-order valence-corrected chi connectivity index (χ1v) is 3.96. The third-order valence-electron chi connectivity index (χ3n) is 2.22. The predicted molar refractivity (Wildman–Crippen MR) is 48.0 cm³/mol. The van der Waals surface area contributed by atoms with E-state index in [1.54, 1.807) is 0 Å². The summed E-state index contributed by atoms with van der Waals surface area (Å²) in [7, 11) is 8.25. The molecule has 1 aliphatic heterocycles. The molecule has 0 N–H and O–H groups in total. The summed E-state index contributed by atoms with van der Waals surface area (Å²) in [5.74, 6) is 0.757. The summed E-state index contributed by atoms with van der Waals surface area (Å²) in [6.07, 6.45) is 1.12. The van der Waals surface area contributed by atoms with Crippen LogP contribution in [0.25, 0.3) is 0 Å². The summed E-state index contributed by atoms with van der Waals surface area (Å²) in [6.45, 7) is 8.72. The number of hydrogen-bond donors (Lipinski definition) is 0. The van der Waals surface area contributed by atoms with Crippen molar-refractivity contribution in [3.63, 3.8) is 0 Å². The van der Waals surface area contributed by atoms with E-state index in [1.165, 1.54) is 0 Å². The molecule has 1 saturated heterocycles. The third-order valence-corrected chi connectivity index (χ3v) is 2.22. The van der Waals surface area contributed by atoms with Gasteiger partial charge in [-0.3, -0.25) is 0 Å². The lowest BCUT2D eigenvalue weighted by Crippen LogP contribution is -2.01. The van der Waals surface area contributed by atoms with Gasteiger partial charge in [-0.05, 0) is 0 Å². The highest BCUT2D eigenvalue weighted by Crippen LogP contribution is 2.60. The highest BCUT2D eigenvalue weighted by atomic mass is 14.3. The van der Waals surface area contributed by atoms with Crippen LogP contribution in [0.15, 0.2) is 0 Å². The Morgan fingerprint density at radius 2 is 1.90 bits per heavy atom. The summed E-state index contributed by atoms with van der Waals surface area (Å²) in [6, 6.07) is 0. The van der Waals surface area contributed by atoms with Crippen LogP contribution in [0.4, 0.5) is 0 Å². The van der Waals surface area contributed by atoms with Crippen molar-refractivity contribution in [3.8, 4) is 0 Å². The molecule has 0 bridgehead atoms. The zero-order valence-electron chi connectivity index (χ0n) is 7.44. The molecular formula is C8H15B2. The molecule has 0 aromatic rings. The van der Waals surface area contributed by atoms with Crippen molar-refractivity contribution in [1.82, 2.24) is 0 Å². The lowest BCUT2D eigenvalue weighted by atomic mass is 9.67. The molecule has 1 aliphatic rings. The zero-order chi connectivity index (χ0) is 7.99. The fraction of sp³-hybridized carbons (Fsp3) is 1.00. The van der Waals surface area contributed by atoms with Gasteiger partial charge in [-0.1, -0.05) is 50.6 Å². The standard InChI is InChI=1S/C8H15B2/c1-7(2,9)5-6-8(3,4)10-6/h6H,5H2,1-4H3. The van der Waals surface area contributed by atoms with Crippen LogP contribution in [0, 0.1) is 0 Å². The van der Waals surface area contributed by atoms with E-state index >= 15 is 0 Å². The maximum absolute atomic E-state index is 5.88. The maximum Gasteiger partial charge on any atom is 0.120 e. The lowest BCUT2D eigenvalue weighted by molar-refractivity contribution is 0.568. The van der Waals surface area contributed by atoms with Gasteiger partial charge in [-0.15, -0.1) is 0 Å². The first kappa shape index (κ1) is 8.23. The molecule has 53 valence electrons. The van der Waals surface area contributed by atoms with Gasteiger partial charge in [0, 0.05) is 0 Å². The summed E-state index contributed by atoms with van der Waals surface area (Å²) >= 11 is 0. The van der Waals surface area contributed by atoms with Crippen molar-refractivity contribution in [1.29, 1.82) is 0 Å².